The van der Waals surface area contributed by atoms with Crippen LogP contribution in [0.3, 0.4) is 0 Å². The third-order valence-electron chi connectivity index (χ3n) is 5.10. The first-order valence-corrected chi connectivity index (χ1v) is 10.9. The van der Waals surface area contributed by atoms with Crippen molar-refractivity contribution < 1.29 is 23.5 Å². The molecule has 31 heavy (non-hydrogen) atoms. The number of amides is 3. The summed E-state index contributed by atoms with van der Waals surface area (Å²) in [6.45, 7) is 1.55. The van der Waals surface area contributed by atoms with Crippen molar-refractivity contribution in [2.24, 2.45) is 0 Å². The molecule has 0 radical (unpaired) electrons. The fourth-order valence-corrected chi connectivity index (χ4v) is 4.31. The van der Waals surface area contributed by atoms with Crippen LogP contribution in [0.25, 0.3) is 6.08 Å². The number of methoxy groups -OCH3 is 1. The molecule has 0 spiro atoms. The quantitative estimate of drug-likeness (QED) is 0.679. The monoisotopic (exact) mass is 441 g/mol. The highest BCUT2D eigenvalue weighted by atomic mass is 32.2. The zero-order valence-electron chi connectivity index (χ0n) is 17.1. The van der Waals surface area contributed by atoms with Gasteiger partial charge in [0.15, 0.2) is 5.88 Å². The normalized spacial score (nSPS) is 18.0. The topological polar surface area (TPSA) is 92.1 Å². The van der Waals surface area contributed by atoms with Crippen LogP contribution in [0.15, 0.2) is 45.7 Å². The van der Waals surface area contributed by atoms with Crippen molar-refractivity contribution in [3.05, 3.63) is 47.1 Å². The van der Waals surface area contributed by atoms with Crippen molar-refractivity contribution in [2.75, 3.05) is 37.0 Å². The summed E-state index contributed by atoms with van der Waals surface area (Å²) in [5.74, 6) is 0.975. The van der Waals surface area contributed by atoms with E-state index in [0.29, 0.717) is 17.2 Å². The van der Waals surface area contributed by atoms with Crippen LogP contribution < -0.4 is 15.0 Å². The largest absolute Gasteiger partial charge is 0.497 e. The van der Waals surface area contributed by atoms with Gasteiger partial charge in [0.1, 0.15) is 18.1 Å². The molecule has 1 N–H and O–H groups in total. The molecule has 3 heterocycles. The van der Waals surface area contributed by atoms with Crippen molar-refractivity contribution in [3.63, 3.8) is 0 Å². The second-order valence-corrected chi connectivity index (χ2v) is 8.26. The van der Waals surface area contributed by atoms with E-state index in [4.69, 9.17) is 9.15 Å². The second-order valence-electron chi connectivity index (χ2n) is 7.27. The molecular formula is C22H23N3O5S. The summed E-state index contributed by atoms with van der Waals surface area (Å²) >= 11 is 0.803. The number of carbonyl (C=O) groups is 3. The highest BCUT2D eigenvalue weighted by Gasteiger charge is 2.36. The van der Waals surface area contributed by atoms with Gasteiger partial charge in [-0.2, -0.15) is 0 Å². The van der Waals surface area contributed by atoms with Crippen LogP contribution in [-0.2, 0) is 9.59 Å². The molecule has 8 nitrogen and oxygen atoms in total. The summed E-state index contributed by atoms with van der Waals surface area (Å²) in [5.41, 5.74) is 0.550. The molecule has 9 heteroatoms. The van der Waals surface area contributed by atoms with Gasteiger partial charge in [-0.25, -0.2) is 0 Å². The molecule has 1 aromatic carbocycles. The number of carbonyl (C=O) groups excluding carboxylic acids is 3. The van der Waals surface area contributed by atoms with Gasteiger partial charge in [0.2, 0.25) is 5.91 Å². The van der Waals surface area contributed by atoms with Crippen molar-refractivity contribution in [1.29, 1.82) is 0 Å². The molecule has 3 amide bonds. The predicted molar refractivity (Wildman–Crippen MR) is 119 cm³/mol. The Morgan fingerprint density at radius 2 is 1.87 bits per heavy atom. The molecule has 1 aromatic heterocycles. The number of nitrogens with zero attached hydrogens (tertiary/aromatic N) is 2. The van der Waals surface area contributed by atoms with E-state index in [0.717, 1.165) is 48.5 Å². The second kappa shape index (κ2) is 9.30. The first kappa shape index (κ1) is 21.0. The van der Waals surface area contributed by atoms with Crippen LogP contribution in [0, 0.1) is 0 Å². The van der Waals surface area contributed by atoms with E-state index in [1.807, 2.05) is 6.07 Å². The lowest BCUT2D eigenvalue weighted by molar-refractivity contribution is -0.127. The van der Waals surface area contributed by atoms with Crippen molar-refractivity contribution in [3.8, 4) is 5.75 Å². The molecule has 0 bridgehead atoms. The number of benzene rings is 1. The van der Waals surface area contributed by atoms with Gasteiger partial charge >= 0.3 is 0 Å². The molecule has 0 unspecified atom stereocenters. The number of rotatable bonds is 6. The van der Waals surface area contributed by atoms with Gasteiger partial charge in [-0.3, -0.25) is 19.3 Å². The smallest absolute Gasteiger partial charge is 0.294 e. The SMILES string of the molecule is COc1ccc(NC(=O)CN2C(=O)S/C(=C/c3ccc(N4CCCCC4)o3)C2=O)cc1. The number of imide groups is 1. The van der Waals surface area contributed by atoms with Crippen LogP contribution in [0.5, 0.6) is 5.75 Å². The average molecular weight is 442 g/mol. The summed E-state index contributed by atoms with van der Waals surface area (Å²) < 4.78 is 10.9. The Labute approximate surface area is 184 Å². The van der Waals surface area contributed by atoms with Gasteiger partial charge in [-0.05, 0) is 61.4 Å². The number of thioether (sulfide) groups is 1. The Morgan fingerprint density at radius 3 is 2.58 bits per heavy atom. The number of nitrogens with one attached hydrogen (secondary N) is 1. The van der Waals surface area contributed by atoms with Crippen molar-refractivity contribution in [1.82, 2.24) is 4.90 Å². The van der Waals surface area contributed by atoms with E-state index < -0.39 is 17.1 Å². The van der Waals surface area contributed by atoms with Gasteiger partial charge in [-0.15, -0.1) is 0 Å². The van der Waals surface area contributed by atoms with E-state index in [-0.39, 0.29) is 11.4 Å². The summed E-state index contributed by atoms with van der Waals surface area (Å²) in [4.78, 5) is 40.6. The molecule has 2 fully saturated rings. The van der Waals surface area contributed by atoms with Gasteiger partial charge in [0, 0.05) is 30.9 Å². The number of hydrogen-bond acceptors (Lipinski definition) is 7. The summed E-state index contributed by atoms with van der Waals surface area (Å²) in [6, 6.07) is 10.4. The zero-order valence-corrected chi connectivity index (χ0v) is 17.9. The maximum Gasteiger partial charge on any atom is 0.294 e. The maximum atomic E-state index is 12.7. The Morgan fingerprint density at radius 1 is 1.13 bits per heavy atom. The van der Waals surface area contributed by atoms with Gasteiger partial charge in [-0.1, -0.05) is 0 Å². The number of anilines is 2. The third-order valence-corrected chi connectivity index (χ3v) is 6.01. The Bertz CT molecular complexity index is 1010. The molecule has 0 atom stereocenters. The minimum Gasteiger partial charge on any atom is -0.497 e. The highest BCUT2D eigenvalue weighted by molar-refractivity contribution is 8.18. The predicted octanol–water partition coefficient (Wildman–Crippen LogP) is 3.95. The van der Waals surface area contributed by atoms with Gasteiger partial charge in [0.25, 0.3) is 11.1 Å². The van der Waals surface area contributed by atoms with Crippen LogP contribution in [0.2, 0.25) is 0 Å². The fourth-order valence-electron chi connectivity index (χ4n) is 3.49. The maximum absolute atomic E-state index is 12.7. The van der Waals surface area contributed by atoms with E-state index in [9.17, 15) is 14.4 Å². The van der Waals surface area contributed by atoms with Crippen molar-refractivity contribution >= 4 is 46.5 Å². The number of furan rings is 1. The molecule has 4 rings (SSSR count). The average Bonchev–Trinajstić information content (AvgIpc) is 3.35. The Hall–Kier alpha value is -3.20. The minimum atomic E-state index is -0.504. The van der Waals surface area contributed by atoms with E-state index in [2.05, 4.69) is 10.2 Å². The lowest BCUT2D eigenvalue weighted by Gasteiger charge is -2.25. The van der Waals surface area contributed by atoms with Crippen molar-refractivity contribution in [2.45, 2.75) is 19.3 Å². The molecule has 0 saturated carbocycles. The number of hydrogen-bond donors (Lipinski definition) is 1. The zero-order chi connectivity index (χ0) is 21.8. The molecule has 2 aliphatic heterocycles. The first-order chi connectivity index (χ1) is 15.0. The Balaban J connectivity index is 1.38. The van der Waals surface area contributed by atoms with Gasteiger partial charge < -0.3 is 19.4 Å². The summed E-state index contributed by atoms with van der Waals surface area (Å²) in [6.07, 6.45) is 5.05. The molecule has 0 aliphatic carbocycles. The summed E-state index contributed by atoms with van der Waals surface area (Å²) in [5, 5.41) is 2.19. The lowest BCUT2D eigenvalue weighted by atomic mass is 10.1. The van der Waals surface area contributed by atoms with Crippen LogP contribution >= 0.6 is 11.8 Å². The Kier molecular flexibility index (Phi) is 6.31. The highest BCUT2D eigenvalue weighted by Crippen LogP contribution is 2.33. The van der Waals surface area contributed by atoms with Crippen LogP contribution in [0.4, 0.5) is 16.4 Å². The van der Waals surface area contributed by atoms with E-state index in [1.54, 1.807) is 43.5 Å². The number of piperidine rings is 1. The third kappa shape index (κ3) is 4.93. The first-order valence-electron chi connectivity index (χ1n) is 10.1. The van der Waals surface area contributed by atoms with Crippen LogP contribution in [0.1, 0.15) is 25.0 Å². The molecular weight excluding hydrogens is 418 g/mol. The molecule has 2 saturated heterocycles. The molecule has 2 aliphatic rings. The molecule has 162 valence electrons. The van der Waals surface area contributed by atoms with E-state index >= 15 is 0 Å². The lowest BCUT2D eigenvalue weighted by Crippen LogP contribution is -2.36. The van der Waals surface area contributed by atoms with Gasteiger partial charge in [0.05, 0.1) is 12.0 Å². The number of ether oxygens (including phenoxy) is 1. The molecule has 2 aromatic rings. The standard InChI is InChI=1S/C22H23N3O5S/c1-29-16-7-5-15(6-8-16)23-19(26)14-25-21(27)18(31-22(25)28)13-17-9-10-20(30-17)24-11-3-2-4-12-24/h5-10,13H,2-4,11-12,14H2,1H3,(H,23,26)/b18-13+. The fraction of sp³-hybridized carbons (Fsp3) is 0.318. The van der Waals surface area contributed by atoms with E-state index in [1.165, 1.54) is 6.42 Å². The minimum absolute atomic E-state index is 0.238. The van der Waals surface area contributed by atoms with Crippen LogP contribution in [-0.4, -0.2) is 48.7 Å². The summed E-state index contributed by atoms with van der Waals surface area (Å²) in [7, 11) is 1.55.